The summed E-state index contributed by atoms with van der Waals surface area (Å²) < 4.78 is 0. The summed E-state index contributed by atoms with van der Waals surface area (Å²) in [5.41, 5.74) is 5.17. The van der Waals surface area contributed by atoms with E-state index in [1.54, 1.807) is 23.4 Å². The average molecular weight is 290 g/mol. The van der Waals surface area contributed by atoms with Gasteiger partial charge in [0.1, 0.15) is 0 Å². The molecular formula is C17H14N4O. The van der Waals surface area contributed by atoms with Crippen molar-refractivity contribution < 1.29 is 4.79 Å². The van der Waals surface area contributed by atoms with Gasteiger partial charge in [0.15, 0.2) is 0 Å². The van der Waals surface area contributed by atoms with E-state index < -0.39 is 0 Å². The lowest BCUT2D eigenvalue weighted by Crippen LogP contribution is -2.33. The Morgan fingerprint density at radius 2 is 2.32 bits per heavy atom. The molecule has 4 rings (SSSR count). The first-order valence-electron chi connectivity index (χ1n) is 7.30. The number of urea groups is 1. The Balaban J connectivity index is 1.62. The number of rotatable bonds is 1. The first kappa shape index (κ1) is 12.8. The lowest BCUT2D eigenvalue weighted by atomic mass is 9.75. The number of benzene rings is 1. The number of aromatic nitrogens is 1. The Bertz CT molecular complexity index is 794. The van der Waals surface area contributed by atoms with E-state index in [0.717, 1.165) is 29.7 Å². The number of nitrogens with one attached hydrogen (secondary N) is 1. The number of hydrogen-bond acceptors (Lipinski definition) is 3. The summed E-state index contributed by atoms with van der Waals surface area (Å²) in [6, 6.07) is 9.82. The van der Waals surface area contributed by atoms with Crippen LogP contribution in [-0.4, -0.2) is 17.6 Å². The van der Waals surface area contributed by atoms with Gasteiger partial charge in [0.05, 0.1) is 23.9 Å². The molecule has 1 unspecified atom stereocenters. The van der Waals surface area contributed by atoms with Gasteiger partial charge in [0, 0.05) is 18.4 Å². The van der Waals surface area contributed by atoms with E-state index in [0.29, 0.717) is 12.2 Å². The average Bonchev–Trinajstić information content (AvgIpc) is 2.92. The highest BCUT2D eigenvalue weighted by atomic mass is 16.2. The Kier molecular flexibility index (Phi) is 2.83. The fourth-order valence-electron chi connectivity index (χ4n) is 3.31. The van der Waals surface area contributed by atoms with Crippen LogP contribution in [0.2, 0.25) is 0 Å². The molecule has 108 valence electrons. The fourth-order valence-corrected chi connectivity index (χ4v) is 3.31. The lowest BCUT2D eigenvalue weighted by molar-refractivity contribution is 0.257. The third-order valence-corrected chi connectivity index (χ3v) is 4.39. The van der Waals surface area contributed by atoms with Crippen LogP contribution in [0, 0.1) is 11.3 Å². The molecule has 1 aromatic carbocycles. The number of nitrogens with zero attached hydrogens (tertiary/aromatic N) is 3. The number of amides is 2. The summed E-state index contributed by atoms with van der Waals surface area (Å²) in [6.07, 6.45) is 4.94. The van der Waals surface area contributed by atoms with Crippen LogP contribution in [0.3, 0.4) is 0 Å². The number of carbonyl (C=O) groups excluding carboxylic acids is 1. The van der Waals surface area contributed by atoms with E-state index in [-0.39, 0.29) is 11.9 Å². The third kappa shape index (κ3) is 1.85. The van der Waals surface area contributed by atoms with Gasteiger partial charge in [-0.3, -0.25) is 9.88 Å². The second-order valence-corrected chi connectivity index (χ2v) is 5.60. The molecule has 2 heterocycles. The maximum Gasteiger partial charge on any atom is 0.326 e. The first-order chi connectivity index (χ1) is 10.8. The highest BCUT2D eigenvalue weighted by Crippen LogP contribution is 2.44. The van der Waals surface area contributed by atoms with Crippen molar-refractivity contribution in [2.75, 3.05) is 16.8 Å². The van der Waals surface area contributed by atoms with Gasteiger partial charge in [0.2, 0.25) is 0 Å². The van der Waals surface area contributed by atoms with Crippen LogP contribution >= 0.6 is 0 Å². The van der Waals surface area contributed by atoms with Crippen LogP contribution in [0.25, 0.3) is 0 Å². The van der Waals surface area contributed by atoms with Crippen LogP contribution in [0.4, 0.5) is 16.2 Å². The molecule has 2 aliphatic rings. The van der Waals surface area contributed by atoms with Crippen molar-refractivity contribution in [1.29, 1.82) is 5.26 Å². The van der Waals surface area contributed by atoms with E-state index >= 15 is 0 Å². The molecule has 2 aromatic rings. The van der Waals surface area contributed by atoms with Gasteiger partial charge in [-0.05, 0) is 47.7 Å². The van der Waals surface area contributed by atoms with Crippen molar-refractivity contribution in [1.82, 2.24) is 4.98 Å². The molecule has 0 bridgehead atoms. The number of nitriles is 1. The van der Waals surface area contributed by atoms with Crippen molar-refractivity contribution in [2.45, 2.75) is 18.8 Å². The molecule has 1 N–H and O–H groups in total. The Hall–Kier alpha value is -2.87. The quantitative estimate of drug-likeness (QED) is 0.878. The molecular weight excluding hydrogens is 276 g/mol. The minimum Gasteiger partial charge on any atom is -0.306 e. The number of pyridine rings is 1. The summed E-state index contributed by atoms with van der Waals surface area (Å²) >= 11 is 0. The van der Waals surface area contributed by atoms with Crippen molar-refractivity contribution in [3.05, 3.63) is 53.3 Å². The van der Waals surface area contributed by atoms with Gasteiger partial charge in [0.25, 0.3) is 0 Å². The zero-order valence-electron chi connectivity index (χ0n) is 11.9. The largest absolute Gasteiger partial charge is 0.326 e. The monoisotopic (exact) mass is 290 g/mol. The van der Waals surface area contributed by atoms with Crippen LogP contribution in [-0.2, 0) is 12.8 Å². The first-order valence-corrected chi connectivity index (χ1v) is 7.30. The second-order valence-electron chi connectivity index (χ2n) is 5.60. The number of hydrogen-bond donors (Lipinski definition) is 1. The van der Waals surface area contributed by atoms with Gasteiger partial charge >= 0.3 is 6.03 Å². The Morgan fingerprint density at radius 3 is 3.09 bits per heavy atom. The zero-order chi connectivity index (χ0) is 15.1. The number of anilines is 2. The molecule has 2 amide bonds. The normalized spacial score (nSPS) is 18.0. The van der Waals surface area contributed by atoms with Gasteiger partial charge in [-0.1, -0.05) is 6.07 Å². The van der Waals surface area contributed by atoms with Crippen molar-refractivity contribution >= 4 is 17.4 Å². The topological polar surface area (TPSA) is 69.0 Å². The predicted octanol–water partition coefficient (Wildman–Crippen LogP) is 2.84. The van der Waals surface area contributed by atoms with Crippen molar-refractivity contribution in [2.24, 2.45) is 0 Å². The predicted molar refractivity (Wildman–Crippen MR) is 82.8 cm³/mol. The molecule has 5 heteroatoms. The minimum absolute atomic E-state index is 0.00807. The van der Waals surface area contributed by atoms with Gasteiger partial charge in [-0.2, -0.15) is 5.26 Å². The third-order valence-electron chi connectivity index (χ3n) is 4.39. The lowest BCUT2D eigenvalue weighted by Gasteiger charge is -2.28. The van der Waals surface area contributed by atoms with E-state index in [1.807, 2.05) is 18.2 Å². The van der Waals surface area contributed by atoms with Crippen molar-refractivity contribution in [3.8, 4) is 6.07 Å². The molecule has 5 nitrogen and oxygen atoms in total. The van der Waals surface area contributed by atoms with E-state index in [2.05, 4.69) is 16.4 Å². The smallest absolute Gasteiger partial charge is 0.306 e. The molecule has 0 spiro atoms. The molecule has 22 heavy (non-hydrogen) atoms. The fraction of sp³-hybridized carbons (Fsp3) is 0.235. The molecule has 0 saturated heterocycles. The Morgan fingerprint density at radius 1 is 1.41 bits per heavy atom. The molecule has 0 fully saturated rings. The summed E-state index contributed by atoms with van der Waals surface area (Å²) in [4.78, 5) is 18.2. The van der Waals surface area contributed by atoms with Crippen LogP contribution in [0.15, 0.2) is 36.7 Å². The van der Waals surface area contributed by atoms with E-state index in [1.165, 1.54) is 5.56 Å². The molecule has 0 radical (unpaired) electrons. The maximum absolute atomic E-state index is 12.5. The summed E-state index contributed by atoms with van der Waals surface area (Å²) in [6.45, 7) is 0.649. The molecule has 0 saturated carbocycles. The van der Waals surface area contributed by atoms with Crippen LogP contribution in [0.1, 0.15) is 22.6 Å². The standard InChI is InChI=1S/C17H14N4O/c18-9-12-8-11-3-4-15-14(16(11)12)5-7-21(15)17(22)20-13-2-1-6-19-10-13/h1-4,6,10,12H,5,7-8H2,(H,20,22). The van der Waals surface area contributed by atoms with Gasteiger partial charge < -0.3 is 5.32 Å². The Labute approximate surface area is 128 Å². The maximum atomic E-state index is 12.5. The second kappa shape index (κ2) is 4.85. The van der Waals surface area contributed by atoms with E-state index in [4.69, 9.17) is 0 Å². The van der Waals surface area contributed by atoms with Crippen LogP contribution < -0.4 is 10.2 Å². The van der Waals surface area contributed by atoms with Gasteiger partial charge in [-0.15, -0.1) is 0 Å². The highest BCUT2D eigenvalue weighted by molar-refractivity contribution is 6.03. The summed E-state index contributed by atoms with van der Waals surface area (Å²) in [5.74, 6) is -0.00807. The summed E-state index contributed by atoms with van der Waals surface area (Å²) in [5, 5.41) is 12.0. The molecule has 1 aliphatic carbocycles. The van der Waals surface area contributed by atoms with Crippen LogP contribution in [0.5, 0.6) is 0 Å². The number of carbonyl (C=O) groups is 1. The minimum atomic E-state index is -0.153. The highest BCUT2D eigenvalue weighted by Gasteiger charge is 2.35. The van der Waals surface area contributed by atoms with Crippen molar-refractivity contribution in [3.63, 3.8) is 0 Å². The zero-order valence-corrected chi connectivity index (χ0v) is 11.9. The SMILES string of the molecule is N#CC1Cc2ccc3c(c21)CCN3C(=O)Nc1cccnc1. The molecule has 1 atom stereocenters. The van der Waals surface area contributed by atoms with E-state index in [9.17, 15) is 10.1 Å². The number of fused-ring (bicyclic) bond motifs is 3. The van der Waals surface area contributed by atoms with Gasteiger partial charge in [-0.25, -0.2) is 4.79 Å². The molecule has 1 aromatic heterocycles. The molecule has 1 aliphatic heterocycles. The summed E-state index contributed by atoms with van der Waals surface area (Å²) in [7, 11) is 0.